The van der Waals surface area contributed by atoms with Gasteiger partial charge in [-0.1, -0.05) is 23.7 Å². The second kappa shape index (κ2) is 11.2. The second-order valence-electron chi connectivity index (χ2n) is 7.73. The first-order valence-corrected chi connectivity index (χ1v) is 11.9. The van der Waals surface area contributed by atoms with Crippen molar-refractivity contribution in [3.8, 4) is 5.75 Å². The van der Waals surface area contributed by atoms with Crippen LogP contribution in [0.3, 0.4) is 0 Å². The molecule has 37 heavy (non-hydrogen) atoms. The lowest BCUT2D eigenvalue weighted by molar-refractivity contribution is -0.384. The standard InChI is InChI=1S/C25H17ClFN3O6S/c26-20-12-17(6-9-21(20)27)28-23(31)13-29-24(32)22(37-25(29)33)11-16-2-1-3-19(10-16)36-14-15-4-7-18(8-5-15)30(34)35/h1-12H,13-14H2,(H,28,31)/b22-11+. The number of nitro benzene ring substituents is 1. The molecule has 1 aliphatic rings. The Morgan fingerprint density at radius 2 is 1.89 bits per heavy atom. The number of thioether (sulfide) groups is 1. The van der Waals surface area contributed by atoms with Crippen LogP contribution in [0.4, 0.5) is 20.6 Å². The zero-order valence-electron chi connectivity index (χ0n) is 18.9. The number of carbonyl (C=O) groups is 3. The summed E-state index contributed by atoms with van der Waals surface area (Å²) in [5.74, 6) is -1.42. The first kappa shape index (κ1) is 25.9. The summed E-state index contributed by atoms with van der Waals surface area (Å²) in [6.45, 7) is -0.346. The highest BCUT2D eigenvalue weighted by molar-refractivity contribution is 8.18. The SMILES string of the molecule is O=C(CN1C(=O)S/C(=C/c2cccc(OCc3ccc([N+](=O)[O-])cc3)c2)C1=O)Nc1ccc(F)c(Cl)c1. The summed E-state index contributed by atoms with van der Waals surface area (Å²) in [6, 6.07) is 16.4. The van der Waals surface area contributed by atoms with Gasteiger partial charge < -0.3 is 10.1 Å². The number of nitrogens with one attached hydrogen (secondary N) is 1. The van der Waals surface area contributed by atoms with Crippen molar-refractivity contribution in [1.29, 1.82) is 0 Å². The summed E-state index contributed by atoms with van der Waals surface area (Å²) in [7, 11) is 0. The molecule has 188 valence electrons. The van der Waals surface area contributed by atoms with Crippen molar-refractivity contribution in [1.82, 2.24) is 4.90 Å². The third-order valence-electron chi connectivity index (χ3n) is 5.09. The fraction of sp³-hybridized carbons (Fsp3) is 0.0800. The van der Waals surface area contributed by atoms with E-state index in [1.807, 2.05) is 0 Å². The van der Waals surface area contributed by atoms with Crippen LogP contribution in [0.2, 0.25) is 5.02 Å². The summed E-state index contributed by atoms with van der Waals surface area (Å²) < 4.78 is 19.0. The van der Waals surface area contributed by atoms with E-state index in [0.29, 0.717) is 23.1 Å². The summed E-state index contributed by atoms with van der Waals surface area (Å²) in [5.41, 5.74) is 1.54. The number of non-ortho nitro benzene ring substituents is 1. The van der Waals surface area contributed by atoms with E-state index < -0.39 is 34.3 Å². The van der Waals surface area contributed by atoms with Crippen molar-refractivity contribution in [2.24, 2.45) is 0 Å². The van der Waals surface area contributed by atoms with E-state index in [0.717, 1.165) is 16.5 Å². The first-order chi connectivity index (χ1) is 17.7. The Hall–Kier alpha value is -4.22. The van der Waals surface area contributed by atoms with Gasteiger partial charge in [-0.3, -0.25) is 29.4 Å². The van der Waals surface area contributed by atoms with Crippen LogP contribution >= 0.6 is 23.4 Å². The molecule has 4 rings (SSSR count). The fourth-order valence-corrected chi connectivity index (χ4v) is 4.30. The van der Waals surface area contributed by atoms with E-state index in [1.165, 1.54) is 30.3 Å². The molecule has 0 aliphatic carbocycles. The minimum Gasteiger partial charge on any atom is -0.489 e. The van der Waals surface area contributed by atoms with Crippen molar-refractivity contribution in [2.75, 3.05) is 11.9 Å². The van der Waals surface area contributed by atoms with Crippen LogP contribution in [0.1, 0.15) is 11.1 Å². The molecule has 3 aromatic rings. The lowest BCUT2D eigenvalue weighted by Crippen LogP contribution is -2.36. The number of anilines is 1. The van der Waals surface area contributed by atoms with Crippen molar-refractivity contribution in [3.63, 3.8) is 0 Å². The molecule has 3 amide bonds. The number of hydrogen-bond acceptors (Lipinski definition) is 7. The lowest BCUT2D eigenvalue weighted by atomic mass is 10.2. The maximum atomic E-state index is 13.3. The number of ether oxygens (including phenoxy) is 1. The third-order valence-corrected chi connectivity index (χ3v) is 6.28. The Morgan fingerprint density at radius 1 is 1.14 bits per heavy atom. The monoisotopic (exact) mass is 541 g/mol. The molecule has 1 saturated heterocycles. The Morgan fingerprint density at radius 3 is 2.59 bits per heavy atom. The average molecular weight is 542 g/mol. The molecule has 12 heteroatoms. The van der Waals surface area contributed by atoms with Gasteiger partial charge in [0.1, 0.15) is 24.7 Å². The number of carbonyl (C=O) groups excluding carboxylic acids is 3. The van der Waals surface area contributed by atoms with E-state index in [1.54, 1.807) is 36.4 Å². The van der Waals surface area contributed by atoms with Crippen molar-refractivity contribution in [3.05, 3.63) is 104 Å². The minimum absolute atomic E-state index is 0.0166. The van der Waals surface area contributed by atoms with Crippen LogP contribution in [0.15, 0.2) is 71.6 Å². The van der Waals surface area contributed by atoms with Gasteiger partial charge in [0.25, 0.3) is 16.8 Å². The van der Waals surface area contributed by atoms with Gasteiger partial charge in [0, 0.05) is 17.8 Å². The molecule has 1 heterocycles. The van der Waals surface area contributed by atoms with Gasteiger partial charge in [0.15, 0.2) is 0 Å². The van der Waals surface area contributed by atoms with Crippen LogP contribution in [0.25, 0.3) is 6.08 Å². The van der Waals surface area contributed by atoms with Gasteiger partial charge in [-0.15, -0.1) is 0 Å². The van der Waals surface area contributed by atoms with E-state index in [2.05, 4.69) is 5.32 Å². The summed E-state index contributed by atoms with van der Waals surface area (Å²) in [6.07, 6.45) is 1.52. The van der Waals surface area contributed by atoms with Gasteiger partial charge in [0.05, 0.1) is 14.9 Å². The van der Waals surface area contributed by atoms with Crippen LogP contribution in [0, 0.1) is 15.9 Å². The van der Waals surface area contributed by atoms with Gasteiger partial charge in [-0.2, -0.15) is 0 Å². The number of benzene rings is 3. The molecule has 0 saturated carbocycles. The molecule has 1 fully saturated rings. The van der Waals surface area contributed by atoms with Crippen molar-refractivity contribution in [2.45, 2.75) is 6.61 Å². The molecular weight excluding hydrogens is 525 g/mol. The molecule has 0 radical (unpaired) electrons. The fourth-order valence-electron chi connectivity index (χ4n) is 3.28. The highest BCUT2D eigenvalue weighted by Gasteiger charge is 2.36. The predicted octanol–water partition coefficient (Wildman–Crippen LogP) is 5.64. The Balaban J connectivity index is 1.38. The minimum atomic E-state index is -0.645. The topological polar surface area (TPSA) is 119 Å². The molecule has 0 aromatic heterocycles. The smallest absolute Gasteiger partial charge is 0.294 e. The number of nitro groups is 1. The lowest BCUT2D eigenvalue weighted by Gasteiger charge is -2.12. The van der Waals surface area contributed by atoms with Gasteiger partial charge in [-0.05, 0) is 71.4 Å². The van der Waals surface area contributed by atoms with E-state index in [4.69, 9.17) is 16.3 Å². The number of hydrogen-bond donors (Lipinski definition) is 1. The Labute approximate surface area is 219 Å². The van der Waals surface area contributed by atoms with Crippen LogP contribution in [-0.2, 0) is 16.2 Å². The summed E-state index contributed by atoms with van der Waals surface area (Å²) in [5, 5.41) is 12.5. The molecule has 1 aliphatic heterocycles. The van der Waals surface area contributed by atoms with E-state index in [-0.39, 0.29) is 27.9 Å². The molecular formula is C25H17ClFN3O6S. The summed E-state index contributed by atoms with van der Waals surface area (Å²) >= 11 is 6.40. The summed E-state index contributed by atoms with van der Waals surface area (Å²) in [4.78, 5) is 48.7. The van der Waals surface area contributed by atoms with Crippen LogP contribution in [0.5, 0.6) is 5.75 Å². The second-order valence-corrected chi connectivity index (χ2v) is 9.13. The normalized spacial score (nSPS) is 14.2. The first-order valence-electron chi connectivity index (χ1n) is 10.7. The van der Waals surface area contributed by atoms with Crippen LogP contribution < -0.4 is 10.1 Å². The van der Waals surface area contributed by atoms with E-state index >= 15 is 0 Å². The zero-order chi connectivity index (χ0) is 26.5. The van der Waals surface area contributed by atoms with Gasteiger partial charge in [-0.25, -0.2) is 4.39 Å². The molecule has 0 atom stereocenters. The number of halogens is 2. The molecule has 1 N–H and O–H groups in total. The predicted molar refractivity (Wildman–Crippen MR) is 137 cm³/mol. The molecule has 3 aromatic carbocycles. The van der Waals surface area contributed by atoms with Crippen molar-refractivity contribution < 1.29 is 28.4 Å². The third kappa shape index (κ3) is 6.51. The van der Waals surface area contributed by atoms with E-state index in [9.17, 15) is 28.9 Å². The number of imide groups is 1. The van der Waals surface area contributed by atoms with Crippen LogP contribution in [-0.4, -0.2) is 33.4 Å². The molecule has 0 bridgehead atoms. The Bertz CT molecular complexity index is 1430. The zero-order valence-corrected chi connectivity index (χ0v) is 20.4. The average Bonchev–Trinajstić information content (AvgIpc) is 3.12. The maximum absolute atomic E-state index is 13.3. The quantitative estimate of drug-likeness (QED) is 0.222. The number of amides is 3. The number of nitrogens with zero attached hydrogens (tertiary/aromatic N) is 2. The van der Waals surface area contributed by atoms with Crippen molar-refractivity contribution >= 4 is 57.9 Å². The molecule has 0 spiro atoms. The molecule has 9 nitrogen and oxygen atoms in total. The highest BCUT2D eigenvalue weighted by atomic mass is 35.5. The Kier molecular flexibility index (Phi) is 7.85. The maximum Gasteiger partial charge on any atom is 0.294 e. The largest absolute Gasteiger partial charge is 0.489 e. The molecule has 0 unspecified atom stereocenters. The van der Waals surface area contributed by atoms with Gasteiger partial charge >= 0.3 is 0 Å². The highest BCUT2D eigenvalue weighted by Crippen LogP contribution is 2.32. The van der Waals surface area contributed by atoms with Gasteiger partial charge in [0.2, 0.25) is 5.91 Å². The number of rotatable bonds is 8.